The monoisotopic (exact) mass is 367 g/mol. The van der Waals surface area contributed by atoms with E-state index in [2.05, 4.69) is 21.2 Å². The number of nitrogens with one attached hydrogen (secondary N) is 1. The van der Waals surface area contributed by atoms with Crippen molar-refractivity contribution in [3.8, 4) is 0 Å². The summed E-state index contributed by atoms with van der Waals surface area (Å²) in [5.41, 5.74) is -0.379. The molecule has 0 fully saturated rings. The van der Waals surface area contributed by atoms with Crippen LogP contribution in [0.4, 0.5) is 13.2 Å². The first-order valence-electron chi connectivity index (χ1n) is 6.42. The highest BCUT2D eigenvalue weighted by molar-refractivity contribution is 9.10. The third-order valence-electron chi connectivity index (χ3n) is 2.84. The summed E-state index contributed by atoms with van der Waals surface area (Å²) in [6.45, 7) is 3.84. The van der Waals surface area contributed by atoms with Gasteiger partial charge in [-0.2, -0.15) is 13.2 Å². The van der Waals surface area contributed by atoms with Gasteiger partial charge in [-0.15, -0.1) is 0 Å². The van der Waals surface area contributed by atoms with Gasteiger partial charge in [-0.05, 0) is 36.1 Å². The molecule has 0 aliphatic heterocycles. The summed E-state index contributed by atoms with van der Waals surface area (Å²) in [7, 11) is 0. The van der Waals surface area contributed by atoms with E-state index in [1.54, 1.807) is 0 Å². The van der Waals surface area contributed by atoms with Crippen LogP contribution >= 0.6 is 15.9 Å². The molecular formula is C14H17BrF3NO2. The number of benzene rings is 1. The minimum Gasteiger partial charge on any atom is -0.480 e. The van der Waals surface area contributed by atoms with E-state index in [-0.39, 0.29) is 12.5 Å². The molecule has 0 saturated carbocycles. The van der Waals surface area contributed by atoms with Crippen molar-refractivity contribution in [3.05, 3.63) is 33.8 Å². The van der Waals surface area contributed by atoms with E-state index in [4.69, 9.17) is 5.11 Å². The molecular weight excluding hydrogens is 351 g/mol. The molecule has 0 bridgehead atoms. The van der Waals surface area contributed by atoms with E-state index in [0.717, 1.165) is 12.1 Å². The number of hydrogen-bond donors (Lipinski definition) is 2. The molecule has 3 nitrogen and oxygen atoms in total. The number of carbonyl (C=O) groups is 1. The number of hydrogen-bond acceptors (Lipinski definition) is 2. The lowest BCUT2D eigenvalue weighted by atomic mass is 10.0. The summed E-state index contributed by atoms with van der Waals surface area (Å²) >= 11 is 3.04. The summed E-state index contributed by atoms with van der Waals surface area (Å²) in [5.74, 6) is -0.832. The Labute approximate surface area is 129 Å². The van der Waals surface area contributed by atoms with Gasteiger partial charge in [0.25, 0.3) is 0 Å². The predicted octanol–water partition coefficient (Wildman–Crippen LogP) is 4.06. The average molecular weight is 368 g/mol. The molecule has 0 amide bonds. The van der Waals surface area contributed by atoms with Gasteiger partial charge in [0.15, 0.2) is 0 Å². The second-order valence-corrected chi connectivity index (χ2v) is 6.16. The van der Waals surface area contributed by atoms with E-state index in [1.165, 1.54) is 6.07 Å². The van der Waals surface area contributed by atoms with E-state index in [1.807, 2.05) is 13.8 Å². The molecule has 0 aromatic heterocycles. The molecule has 0 radical (unpaired) electrons. The van der Waals surface area contributed by atoms with Crippen molar-refractivity contribution >= 4 is 21.9 Å². The zero-order chi connectivity index (χ0) is 16.2. The van der Waals surface area contributed by atoms with Crippen LogP contribution in [0.25, 0.3) is 0 Å². The van der Waals surface area contributed by atoms with Crippen LogP contribution in [-0.2, 0) is 17.5 Å². The normalized spacial score (nSPS) is 13.5. The van der Waals surface area contributed by atoms with Gasteiger partial charge >= 0.3 is 12.1 Å². The first-order chi connectivity index (χ1) is 9.59. The Bertz CT molecular complexity index is 503. The second kappa shape index (κ2) is 7.26. The molecule has 1 aromatic rings. The van der Waals surface area contributed by atoms with Crippen LogP contribution in [0.3, 0.4) is 0 Å². The van der Waals surface area contributed by atoms with Crippen molar-refractivity contribution in [3.63, 3.8) is 0 Å². The fourth-order valence-electron chi connectivity index (χ4n) is 1.90. The summed E-state index contributed by atoms with van der Waals surface area (Å²) < 4.78 is 38.4. The quantitative estimate of drug-likeness (QED) is 0.796. The zero-order valence-electron chi connectivity index (χ0n) is 11.7. The molecule has 0 aliphatic rings. The van der Waals surface area contributed by atoms with Crippen molar-refractivity contribution < 1.29 is 23.1 Å². The summed E-state index contributed by atoms with van der Waals surface area (Å²) in [4.78, 5) is 11.1. The average Bonchev–Trinajstić information content (AvgIpc) is 2.32. The summed E-state index contributed by atoms with van der Waals surface area (Å²) in [5, 5.41) is 11.9. The van der Waals surface area contributed by atoms with E-state index in [9.17, 15) is 18.0 Å². The van der Waals surface area contributed by atoms with E-state index in [0.29, 0.717) is 16.5 Å². The molecule has 7 heteroatoms. The van der Waals surface area contributed by atoms with Crippen LogP contribution in [0.1, 0.15) is 31.4 Å². The standard InChI is InChI=1S/C14H17BrF3NO2/c1-8(2)3-12(13(20)21)19-7-9-4-10(14(16,17)18)6-11(15)5-9/h4-6,8,12,19H,3,7H2,1-2H3,(H,20,21). The lowest BCUT2D eigenvalue weighted by Crippen LogP contribution is -2.37. The van der Waals surface area contributed by atoms with Crippen molar-refractivity contribution in [1.29, 1.82) is 0 Å². The Balaban J connectivity index is 2.83. The molecule has 1 rings (SSSR count). The highest BCUT2D eigenvalue weighted by Crippen LogP contribution is 2.32. The number of carboxylic acid groups (broad SMARTS) is 1. The highest BCUT2D eigenvalue weighted by Gasteiger charge is 2.31. The number of aliphatic carboxylic acids is 1. The van der Waals surface area contributed by atoms with Crippen molar-refractivity contribution in [2.75, 3.05) is 0 Å². The van der Waals surface area contributed by atoms with Gasteiger partial charge < -0.3 is 10.4 Å². The van der Waals surface area contributed by atoms with E-state index < -0.39 is 23.8 Å². The minimum atomic E-state index is -4.43. The van der Waals surface area contributed by atoms with Gasteiger partial charge in [-0.3, -0.25) is 4.79 Å². The lowest BCUT2D eigenvalue weighted by Gasteiger charge is -2.17. The highest BCUT2D eigenvalue weighted by atomic mass is 79.9. The third kappa shape index (κ3) is 6.05. The van der Waals surface area contributed by atoms with Crippen LogP contribution in [0, 0.1) is 5.92 Å². The maximum Gasteiger partial charge on any atom is 0.416 e. The topological polar surface area (TPSA) is 49.3 Å². The Morgan fingerprint density at radius 1 is 1.33 bits per heavy atom. The van der Waals surface area contributed by atoms with Crippen LogP contribution in [0.2, 0.25) is 0 Å². The predicted molar refractivity (Wildman–Crippen MR) is 76.9 cm³/mol. The molecule has 1 unspecified atom stereocenters. The number of carboxylic acids is 1. The first-order valence-corrected chi connectivity index (χ1v) is 7.21. The molecule has 0 aliphatic carbocycles. The van der Waals surface area contributed by atoms with Gasteiger partial charge in [0.1, 0.15) is 6.04 Å². The molecule has 0 saturated heterocycles. The van der Waals surface area contributed by atoms with Crippen LogP contribution in [0.5, 0.6) is 0 Å². The van der Waals surface area contributed by atoms with Gasteiger partial charge in [0.05, 0.1) is 5.56 Å². The first kappa shape index (κ1) is 18.0. The fraction of sp³-hybridized carbons (Fsp3) is 0.500. The minimum absolute atomic E-state index is 0.0617. The smallest absolute Gasteiger partial charge is 0.416 e. The fourth-order valence-corrected chi connectivity index (χ4v) is 2.44. The van der Waals surface area contributed by atoms with Gasteiger partial charge in [-0.25, -0.2) is 0 Å². The van der Waals surface area contributed by atoms with Crippen LogP contribution in [-0.4, -0.2) is 17.1 Å². The lowest BCUT2D eigenvalue weighted by molar-refractivity contribution is -0.140. The van der Waals surface area contributed by atoms with Crippen LogP contribution < -0.4 is 5.32 Å². The molecule has 1 aromatic carbocycles. The molecule has 0 spiro atoms. The van der Waals surface area contributed by atoms with Gasteiger partial charge in [-0.1, -0.05) is 29.8 Å². The summed E-state index contributed by atoms with van der Waals surface area (Å²) in [6.07, 6.45) is -4.02. The Morgan fingerprint density at radius 3 is 2.43 bits per heavy atom. The number of halogens is 4. The third-order valence-corrected chi connectivity index (χ3v) is 3.30. The molecule has 0 heterocycles. The molecule has 21 heavy (non-hydrogen) atoms. The second-order valence-electron chi connectivity index (χ2n) is 5.25. The maximum atomic E-state index is 12.7. The summed E-state index contributed by atoms with van der Waals surface area (Å²) in [6, 6.07) is 2.77. The largest absolute Gasteiger partial charge is 0.480 e. The van der Waals surface area contributed by atoms with Gasteiger partial charge in [0, 0.05) is 11.0 Å². The zero-order valence-corrected chi connectivity index (χ0v) is 13.3. The Kier molecular flexibility index (Phi) is 6.22. The van der Waals surface area contributed by atoms with Crippen molar-refractivity contribution in [2.24, 2.45) is 5.92 Å². The van der Waals surface area contributed by atoms with Gasteiger partial charge in [0.2, 0.25) is 0 Å². The van der Waals surface area contributed by atoms with Crippen LogP contribution in [0.15, 0.2) is 22.7 Å². The molecule has 118 valence electrons. The molecule has 2 N–H and O–H groups in total. The Morgan fingerprint density at radius 2 is 1.95 bits per heavy atom. The molecule has 1 atom stereocenters. The number of alkyl halides is 3. The van der Waals surface area contributed by atoms with E-state index >= 15 is 0 Å². The number of rotatable bonds is 6. The SMILES string of the molecule is CC(C)CC(NCc1cc(Br)cc(C(F)(F)F)c1)C(=O)O. The Hall–Kier alpha value is -1.08. The maximum absolute atomic E-state index is 12.7. The van der Waals surface area contributed by atoms with Crippen molar-refractivity contribution in [2.45, 2.75) is 39.0 Å². The van der Waals surface area contributed by atoms with Crippen molar-refractivity contribution in [1.82, 2.24) is 5.32 Å².